The number of benzene rings is 1. The maximum Gasteiger partial charge on any atom is 0.305 e. The van der Waals surface area contributed by atoms with Crippen LogP contribution in [0.25, 0.3) is 10.2 Å². The number of nitrogens with two attached hydrogens (primary N) is 1. The van der Waals surface area contributed by atoms with E-state index in [1.165, 1.54) is 11.3 Å². The number of carboxylic acid groups (broad SMARTS) is 1. The van der Waals surface area contributed by atoms with Crippen LogP contribution >= 0.6 is 11.3 Å². The van der Waals surface area contributed by atoms with E-state index in [2.05, 4.69) is 10.3 Å². The number of anilines is 1. The lowest BCUT2D eigenvalue weighted by molar-refractivity contribution is -0.137. The Labute approximate surface area is 119 Å². The van der Waals surface area contributed by atoms with Gasteiger partial charge in [0.25, 0.3) is 5.91 Å². The van der Waals surface area contributed by atoms with Crippen molar-refractivity contribution in [1.29, 1.82) is 0 Å². The number of hydrogen-bond acceptors (Lipinski definition) is 5. The minimum Gasteiger partial charge on any atom is -0.481 e. The van der Waals surface area contributed by atoms with Crippen LogP contribution in [-0.2, 0) is 4.79 Å². The summed E-state index contributed by atoms with van der Waals surface area (Å²) in [6, 6.07) is 4.73. The summed E-state index contributed by atoms with van der Waals surface area (Å²) >= 11 is 1.31. The van der Waals surface area contributed by atoms with Gasteiger partial charge in [0.1, 0.15) is 0 Å². The molecule has 0 aliphatic carbocycles. The second-order valence-corrected chi connectivity index (χ2v) is 5.47. The highest BCUT2D eigenvalue weighted by molar-refractivity contribution is 7.22. The zero-order chi connectivity index (χ0) is 14.7. The zero-order valence-corrected chi connectivity index (χ0v) is 11.7. The summed E-state index contributed by atoms with van der Waals surface area (Å²) < 4.78 is 0.835. The lowest BCUT2D eigenvalue weighted by Crippen LogP contribution is -2.35. The summed E-state index contributed by atoms with van der Waals surface area (Å²) in [6.45, 7) is 1.83. The molecular formula is C13H15N3O3S. The molecule has 0 bridgehead atoms. The zero-order valence-electron chi connectivity index (χ0n) is 10.9. The maximum atomic E-state index is 12.1. The lowest BCUT2D eigenvalue weighted by atomic mass is 10.1. The average Bonchev–Trinajstić information content (AvgIpc) is 2.76. The van der Waals surface area contributed by atoms with Crippen molar-refractivity contribution in [2.45, 2.75) is 25.8 Å². The molecule has 2 rings (SSSR count). The first-order valence-electron chi connectivity index (χ1n) is 6.18. The summed E-state index contributed by atoms with van der Waals surface area (Å²) in [5.41, 5.74) is 6.84. The predicted molar refractivity (Wildman–Crippen MR) is 77.8 cm³/mol. The van der Waals surface area contributed by atoms with E-state index in [9.17, 15) is 9.59 Å². The van der Waals surface area contributed by atoms with Crippen LogP contribution in [0.5, 0.6) is 0 Å². The number of fused-ring (bicyclic) bond motifs is 1. The number of rotatable bonds is 5. The molecule has 1 heterocycles. The Kier molecular flexibility index (Phi) is 4.19. The molecule has 7 heteroatoms. The molecule has 0 saturated heterocycles. The summed E-state index contributed by atoms with van der Waals surface area (Å²) in [4.78, 5) is 26.9. The van der Waals surface area contributed by atoms with Gasteiger partial charge in [-0.05, 0) is 24.6 Å². The number of carboxylic acids is 1. The second-order valence-electron chi connectivity index (χ2n) is 4.41. The van der Waals surface area contributed by atoms with Gasteiger partial charge in [0, 0.05) is 11.6 Å². The smallest absolute Gasteiger partial charge is 0.305 e. The van der Waals surface area contributed by atoms with E-state index in [1.54, 1.807) is 18.2 Å². The van der Waals surface area contributed by atoms with Gasteiger partial charge in [0.05, 0.1) is 16.6 Å². The van der Waals surface area contributed by atoms with Gasteiger partial charge in [-0.25, -0.2) is 4.98 Å². The van der Waals surface area contributed by atoms with Crippen molar-refractivity contribution in [3.05, 3.63) is 23.8 Å². The van der Waals surface area contributed by atoms with E-state index in [-0.39, 0.29) is 18.4 Å². The van der Waals surface area contributed by atoms with Gasteiger partial charge >= 0.3 is 5.97 Å². The molecule has 2 aromatic rings. The number of aliphatic carboxylic acids is 1. The van der Waals surface area contributed by atoms with Gasteiger partial charge in [-0.15, -0.1) is 0 Å². The Hall–Kier alpha value is -2.15. The van der Waals surface area contributed by atoms with Crippen molar-refractivity contribution in [3.8, 4) is 0 Å². The number of carbonyl (C=O) groups is 2. The fourth-order valence-electron chi connectivity index (χ4n) is 1.86. The number of nitrogen functional groups attached to an aromatic ring is 1. The number of nitrogens with zero attached hydrogens (tertiary/aromatic N) is 1. The quantitative estimate of drug-likeness (QED) is 0.780. The van der Waals surface area contributed by atoms with Crippen LogP contribution in [0.2, 0.25) is 0 Å². The molecule has 4 N–H and O–H groups in total. The van der Waals surface area contributed by atoms with E-state index in [0.717, 1.165) is 10.2 Å². The third kappa shape index (κ3) is 3.24. The molecule has 6 nitrogen and oxygen atoms in total. The number of amides is 1. The first-order valence-corrected chi connectivity index (χ1v) is 7.00. The molecule has 0 aliphatic rings. The average molecular weight is 293 g/mol. The Balaban J connectivity index is 2.15. The molecule has 106 valence electrons. The van der Waals surface area contributed by atoms with Crippen LogP contribution in [0, 0.1) is 0 Å². The van der Waals surface area contributed by atoms with E-state index in [4.69, 9.17) is 10.8 Å². The molecule has 20 heavy (non-hydrogen) atoms. The molecule has 1 aromatic heterocycles. The van der Waals surface area contributed by atoms with Crippen molar-refractivity contribution < 1.29 is 14.7 Å². The number of hydrogen-bond donors (Lipinski definition) is 3. The summed E-state index contributed by atoms with van der Waals surface area (Å²) in [7, 11) is 0. The van der Waals surface area contributed by atoms with Gasteiger partial charge in [-0.2, -0.15) is 0 Å². The van der Waals surface area contributed by atoms with E-state index < -0.39 is 5.97 Å². The molecule has 1 atom stereocenters. The van der Waals surface area contributed by atoms with E-state index >= 15 is 0 Å². The van der Waals surface area contributed by atoms with Crippen LogP contribution in [0.1, 0.15) is 30.1 Å². The molecular weight excluding hydrogens is 278 g/mol. The van der Waals surface area contributed by atoms with Crippen molar-refractivity contribution in [2.24, 2.45) is 0 Å². The standard InChI is InChI=1S/C13H15N3O3S/c1-2-8(6-11(17)18)15-12(19)7-3-4-9-10(5-7)20-13(14)16-9/h3-5,8H,2,6H2,1H3,(H2,14,16)(H,15,19)(H,17,18). The molecule has 0 saturated carbocycles. The molecule has 0 aliphatic heterocycles. The minimum atomic E-state index is -0.928. The third-order valence-electron chi connectivity index (χ3n) is 2.92. The topological polar surface area (TPSA) is 105 Å². The highest BCUT2D eigenvalue weighted by atomic mass is 32.1. The SMILES string of the molecule is CCC(CC(=O)O)NC(=O)c1ccc2nc(N)sc2c1. The Bertz CT molecular complexity index is 653. The Morgan fingerprint density at radius 1 is 1.50 bits per heavy atom. The molecule has 0 radical (unpaired) electrons. The van der Waals surface area contributed by atoms with Gasteiger partial charge in [-0.1, -0.05) is 18.3 Å². The Morgan fingerprint density at radius 2 is 2.25 bits per heavy atom. The molecule has 1 unspecified atom stereocenters. The predicted octanol–water partition coefficient (Wildman–Crippen LogP) is 1.86. The van der Waals surface area contributed by atoms with Gasteiger partial charge in [0.15, 0.2) is 5.13 Å². The highest BCUT2D eigenvalue weighted by Gasteiger charge is 2.16. The highest BCUT2D eigenvalue weighted by Crippen LogP contribution is 2.24. The first-order chi connectivity index (χ1) is 9.49. The third-order valence-corrected chi connectivity index (χ3v) is 3.76. The maximum absolute atomic E-state index is 12.1. The summed E-state index contributed by atoms with van der Waals surface area (Å²) in [5, 5.41) is 11.9. The monoisotopic (exact) mass is 293 g/mol. The van der Waals surface area contributed by atoms with Crippen LogP contribution in [0.15, 0.2) is 18.2 Å². The van der Waals surface area contributed by atoms with Crippen molar-refractivity contribution in [2.75, 3.05) is 5.73 Å². The molecule has 1 amide bonds. The first kappa shape index (κ1) is 14.3. The number of nitrogens with one attached hydrogen (secondary N) is 1. The van der Waals surface area contributed by atoms with E-state index in [0.29, 0.717) is 17.1 Å². The molecule has 0 spiro atoms. The normalized spacial score (nSPS) is 12.2. The fraction of sp³-hybridized carbons (Fsp3) is 0.308. The minimum absolute atomic E-state index is 0.0853. The van der Waals surface area contributed by atoms with Crippen molar-refractivity contribution >= 4 is 38.6 Å². The van der Waals surface area contributed by atoms with Crippen LogP contribution < -0.4 is 11.1 Å². The second kappa shape index (κ2) is 5.87. The fourth-order valence-corrected chi connectivity index (χ4v) is 2.63. The number of carbonyl (C=O) groups excluding carboxylic acids is 1. The number of aromatic nitrogens is 1. The van der Waals surface area contributed by atoms with Gasteiger partial charge < -0.3 is 16.2 Å². The van der Waals surface area contributed by atoms with Crippen LogP contribution in [0.4, 0.5) is 5.13 Å². The molecule has 0 fully saturated rings. The van der Waals surface area contributed by atoms with Crippen molar-refractivity contribution in [3.63, 3.8) is 0 Å². The lowest BCUT2D eigenvalue weighted by Gasteiger charge is -2.14. The van der Waals surface area contributed by atoms with Gasteiger partial charge in [-0.3, -0.25) is 9.59 Å². The van der Waals surface area contributed by atoms with Gasteiger partial charge in [0.2, 0.25) is 0 Å². The van der Waals surface area contributed by atoms with E-state index in [1.807, 2.05) is 6.92 Å². The van der Waals surface area contributed by atoms with Crippen LogP contribution in [0.3, 0.4) is 0 Å². The summed E-state index contributed by atoms with van der Waals surface area (Å²) in [5.74, 6) is -1.21. The number of thiazole rings is 1. The van der Waals surface area contributed by atoms with Crippen molar-refractivity contribution in [1.82, 2.24) is 10.3 Å². The molecule has 1 aromatic carbocycles. The van der Waals surface area contributed by atoms with Crippen LogP contribution in [-0.4, -0.2) is 28.0 Å². The Morgan fingerprint density at radius 3 is 2.90 bits per heavy atom. The largest absolute Gasteiger partial charge is 0.481 e. The summed E-state index contributed by atoms with van der Waals surface area (Å²) in [6.07, 6.45) is 0.478.